The molecule has 1 unspecified atom stereocenters. The van der Waals surface area contributed by atoms with Gasteiger partial charge in [-0.25, -0.2) is 8.78 Å². The van der Waals surface area contributed by atoms with Gasteiger partial charge in [-0.1, -0.05) is 6.92 Å². The van der Waals surface area contributed by atoms with Gasteiger partial charge in [0.2, 0.25) is 0 Å². The molecule has 0 fully saturated rings. The standard InChI is InChI=1S/C15H18BrF2N3/c1-4-19-13(11-7-10(17)5-6-12(11)18)8-14-15(16)9(2)20-21(14)3/h5-7,13,19H,4,8H2,1-3H3. The summed E-state index contributed by atoms with van der Waals surface area (Å²) in [5, 5.41) is 7.54. The van der Waals surface area contributed by atoms with Crippen LogP contribution in [0.15, 0.2) is 22.7 Å². The van der Waals surface area contributed by atoms with Gasteiger partial charge in [0.25, 0.3) is 0 Å². The molecule has 0 saturated heterocycles. The lowest BCUT2D eigenvalue weighted by molar-refractivity contribution is 0.490. The first-order valence-corrected chi connectivity index (χ1v) is 7.59. The fourth-order valence-electron chi connectivity index (χ4n) is 2.42. The molecule has 2 aromatic rings. The van der Waals surface area contributed by atoms with Gasteiger partial charge >= 0.3 is 0 Å². The number of aryl methyl sites for hydroxylation is 2. The second-order valence-corrected chi connectivity index (χ2v) is 5.74. The van der Waals surface area contributed by atoms with Crippen molar-refractivity contribution in [3.8, 4) is 0 Å². The third-order valence-corrected chi connectivity index (χ3v) is 4.47. The van der Waals surface area contributed by atoms with Crippen LogP contribution in [0, 0.1) is 18.6 Å². The molecule has 0 radical (unpaired) electrons. The average Bonchev–Trinajstić information content (AvgIpc) is 2.67. The van der Waals surface area contributed by atoms with Gasteiger partial charge in [0, 0.05) is 25.1 Å². The highest BCUT2D eigenvalue weighted by Crippen LogP contribution is 2.27. The highest BCUT2D eigenvalue weighted by atomic mass is 79.9. The fraction of sp³-hybridized carbons (Fsp3) is 0.400. The van der Waals surface area contributed by atoms with Crippen LogP contribution in [0.25, 0.3) is 0 Å². The van der Waals surface area contributed by atoms with Crippen molar-refractivity contribution in [1.82, 2.24) is 15.1 Å². The summed E-state index contributed by atoms with van der Waals surface area (Å²) in [5.74, 6) is -0.841. The largest absolute Gasteiger partial charge is 0.310 e. The summed E-state index contributed by atoms with van der Waals surface area (Å²) in [7, 11) is 1.85. The summed E-state index contributed by atoms with van der Waals surface area (Å²) in [6.07, 6.45) is 0.520. The van der Waals surface area contributed by atoms with E-state index in [1.165, 1.54) is 12.1 Å². The van der Waals surface area contributed by atoms with E-state index in [-0.39, 0.29) is 6.04 Å². The van der Waals surface area contributed by atoms with Crippen molar-refractivity contribution >= 4 is 15.9 Å². The molecule has 3 nitrogen and oxygen atoms in total. The van der Waals surface area contributed by atoms with Gasteiger partial charge in [0.05, 0.1) is 15.9 Å². The minimum atomic E-state index is -0.436. The molecule has 0 spiro atoms. The van der Waals surface area contributed by atoms with Crippen LogP contribution in [0.1, 0.15) is 29.9 Å². The Morgan fingerprint density at radius 3 is 2.67 bits per heavy atom. The third-order valence-electron chi connectivity index (χ3n) is 3.44. The number of halogens is 3. The highest BCUT2D eigenvalue weighted by molar-refractivity contribution is 9.10. The number of nitrogens with zero attached hydrogens (tertiary/aromatic N) is 2. The lowest BCUT2D eigenvalue weighted by atomic mass is 10.0. The van der Waals surface area contributed by atoms with Crippen molar-refractivity contribution < 1.29 is 8.78 Å². The lowest BCUT2D eigenvalue weighted by Crippen LogP contribution is -2.25. The quantitative estimate of drug-likeness (QED) is 0.884. The second kappa shape index (κ2) is 6.66. The predicted molar refractivity (Wildman–Crippen MR) is 82.1 cm³/mol. The van der Waals surface area contributed by atoms with Gasteiger partial charge in [-0.2, -0.15) is 5.10 Å². The van der Waals surface area contributed by atoms with Crippen LogP contribution in [0.3, 0.4) is 0 Å². The maximum absolute atomic E-state index is 14.0. The maximum atomic E-state index is 14.0. The predicted octanol–water partition coefficient (Wildman–Crippen LogP) is 3.66. The smallest absolute Gasteiger partial charge is 0.128 e. The molecule has 114 valence electrons. The van der Waals surface area contributed by atoms with Crippen LogP contribution in [-0.2, 0) is 13.5 Å². The van der Waals surface area contributed by atoms with Crippen molar-refractivity contribution in [1.29, 1.82) is 0 Å². The molecule has 0 amide bonds. The van der Waals surface area contributed by atoms with Gasteiger partial charge in [-0.15, -0.1) is 0 Å². The molecule has 2 rings (SSSR count). The van der Waals surface area contributed by atoms with E-state index in [2.05, 4.69) is 26.3 Å². The maximum Gasteiger partial charge on any atom is 0.128 e. The Morgan fingerprint density at radius 2 is 2.10 bits per heavy atom. The lowest BCUT2D eigenvalue weighted by Gasteiger charge is -2.19. The summed E-state index contributed by atoms with van der Waals surface area (Å²) in [6.45, 7) is 4.50. The molecule has 1 atom stereocenters. The van der Waals surface area contributed by atoms with Gasteiger partial charge in [0.15, 0.2) is 0 Å². The molecule has 6 heteroatoms. The van der Waals surface area contributed by atoms with Crippen molar-refractivity contribution in [2.24, 2.45) is 7.05 Å². The topological polar surface area (TPSA) is 29.9 Å². The number of rotatable bonds is 5. The first-order chi connectivity index (χ1) is 9.93. The molecule has 0 aliphatic carbocycles. The molecule has 0 saturated carbocycles. The number of hydrogen-bond donors (Lipinski definition) is 1. The molecule has 1 heterocycles. The van der Waals surface area contributed by atoms with Gasteiger partial charge < -0.3 is 5.32 Å². The molecule has 21 heavy (non-hydrogen) atoms. The Hall–Kier alpha value is -1.27. The first kappa shape index (κ1) is 16.1. The van der Waals surface area contributed by atoms with E-state index in [4.69, 9.17) is 0 Å². The highest BCUT2D eigenvalue weighted by Gasteiger charge is 2.20. The average molecular weight is 358 g/mol. The van der Waals surface area contributed by atoms with Gasteiger partial charge in [-0.05, 0) is 47.6 Å². The second-order valence-electron chi connectivity index (χ2n) is 4.95. The number of nitrogens with one attached hydrogen (secondary N) is 1. The molecule has 1 aromatic heterocycles. The van der Waals surface area contributed by atoms with E-state index in [9.17, 15) is 8.78 Å². The molecule has 0 bridgehead atoms. The van der Waals surface area contributed by atoms with E-state index < -0.39 is 11.6 Å². The zero-order valence-corrected chi connectivity index (χ0v) is 13.8. The molecule has 0 aliphatic rings. The van der Waals surface area contributed by atoms with Crippen molar-refractivity contribution in [2.75, 3.05) is 6.54 Å². The summed E-state index contributed by atoms with van der Waals surface area (Å²) >= 11 is 3.51. The van der Waals surface area contributed by atoms with Crippen LogP contribution < -0.4 is 5.32 Å². The normalized spacial score (nSPS) is 12.7. The summed E-state index contributed by atoms with van der Waals surface area (Å²) in [4.78, 5) is 0. The zero-order valence-electron chi connectivity index (χ0n) is 12.3. The van der Waals surface area contributed by atoms with Gasteiger partial charge in [-0.3, -0.25) is 4.68 Å². The summed E-state index contributed by atoms with van der Waals surface area (Å²) in [6, 6.07) is 3.24. The molecule has 0 aliphatic heterocycles. The first-order valence-electron chi connectivity index (χ1n) is 6.80. The zero-order chi connectivity index (χ0) is 15.6. The Balaban J connectivity index is 2.37. The summed E-state index contributed by atoms with van der Waals surface area (Å²) in [5.41, 5.74) is 2.16. The third kappa shape index (κ3) is 3.49. The SMILES string of the molecule is CCNC(Cc1c(Br)c(C)nn1C)c1cc(F)ccc1F. The number of aromatic nitrogens is 2. The van der Waals surface area contributed by atoms with E-state index in [0.717, 1.165) is 21.9 Å². The van der Waals surface area contributed by atoms with Crippen LogP contribution in [-0.4, -0.2) is 16.3 Å². The van der Waals surface area contributed by atoms with Crippen LogP contribution in [0.5, 0.6) is 0 Å². The van der Waals surface area contributed by atoms with Crippen molar-refractivity contribution in [3.63, 3.8) is 0 Å². The van der Waals surface area contributed by atoms with E-state index in [1.54, 1.807) is 4.68 Å². The minimum Gasteiger partial charge on any atom is -0.310 e. The van der Waals surface area contributed by atoms with Gasteiger partial charge in [0.1, 0.15) is 11.6 Å². The van der Waals surface area contributed by atoms with Crippen molar-refractivity contribution in [2.45, 2.75) is 26.3 Å². The Morgan fingerprint density at radius 1 is 1.38 bits per heavy atom. The minimum absolute atomic E-state index is 0.309. The number of hydrogen-bond acceptors (Lipinski definition) is 2. The van der Waals surface area contributed by atoms with Crippen LogP contribution >= 0.6 is 15.9 Å². The Labute approximate surface area is 131 Å². The van der Waals surface area contributed by atoms with Crippen LogP contribution in [0.2, 0.25) is 0 Å². The monoisotopic (exact) mass is 357 g/mol. The molecule has 1 aromatic carbocycles. The Bertz CT molecular complexity index is 640. The fourth-order valence-corrected chi connectivity index (χ4v) is 2.91. The Kier molecular flexibility index (Phi) is 5.11. The van der Waals surface area contributed by atoms with E-state index in [0.29, 0.717) is 18.5 Å². The summed E-state index contributed by atoms with van der Waals surface area (Å²) < 4.78 is 30.1. The molecular formula is C15H18BrF2N3. The van der Waals surface area contributed by atoms with E-state index in [1.807, 2.05) is 20.9 Å². The number of likely N-dealkylation sites (N-methyl/N-ethyl adjacent to an activating group) is 1. The van der Waals surface area contributed by atoms with Crippen LogP contribution in [0.4, 0.5) is 8.78 Å². The number of benzene rings is 1. The molecule has 1 N–H and O–H groups in total. The molecular weight excluding hydrogens is 340 g/mol. The van der Waals surface area contributed by atoms with Crippen molar-refractivity contribution in [3.05, 3.63) is 51.3 Å². The van der Waals surface area contributed by atoms with E-state index >= 15 is 0 Å².